The topological polar surface area (TPSA) is 147 Å². The van der Waals surface area contributed by atoms with Crippen LogP contribution in [0.2, 0.25) is 0 Å². The van der Waals surface area contributed by atoms with Crippen molar-refractivity contribution in [2.75, 3.05) is 31.0 Å². The van der Waals surface area contributed by atoms with Crippen LogP contribution in [0.4, 0.5) is 28.0 Å². The quantitative estimate of drug-likeness (QED) is 0.249. The van der Waals surface area contributed by atoms with E-state index in [4.69, 9.17) is 9.47 Å². The van der Waals surface area contributed by atoms with Gasteiger partial charge in [0.2, 0.25) is 0 Å². The van der Waals surface area contributed by atoms with Crippen molar-refractivity contribution in [3.05, 3.63) is 35.9 Å². The second-order valence-electron chi connectivity index (χ2n) is 11.0. The van der Waals surface area contributed by atoms with E-state index in [0.29, 0.717) is 30.2 Å². The number of piperidine rings is 1. The molecule has 1 atom stereocenters. The molecule has 4 rings (SSSR count). The number of aromatic hydroxyl groups is 1. The number of rotatable bonds is 8. The summed E-state index contributed by atoms with van der Waals surface area (Å²) in [7, 11) is -2.62. The molecule has 2 N–H and O–H groups in total. The highest BCUT2D eigenvalue weighted by Gasteiger charge is 2.38. The molecule has 242 valence electrons. The summed E-state index contributed by atoms with van der Waals surface area (Å²) in [6.07, 6.45) is -7.16. The van der Waals surface area contributed by atoms with Gasteiger partial charge in [-0.05, 0) is 57.6 Å². The van der Waals surface area contributed by atoms with Crippen LogP contribution >= 0.6 is 0 Å². The summed E-state index contributed by atoms with van der Waals surface area (Å²) in [6.45, 7) is 3.75. The van der Waals surface area contributed by atoms with E-state index in [9.17, 15) is 41.1 Å². The number of alkyl halides is 3. The fourth-order valence-electron chi connectivity index (χ4n) is 4.86. The van der Waals surface area contributed by atoms with Gasteiger partial charge < -0.3 is 19.5 Å². The number of halogens is 4. The molecular weight excluding hydrogens is 616 g/mol. The van der Waals surface area contributed by atoms with Crippen LogP contribution in [0.1, 0.15) is 38.8 Å². The minimum Gasteiger partial charge on any atom is -0.506 e. The maximum atomic E-state index is 15.7. The number of nitrogens with one attached hydrogen (secondary N) is 1. The van der Waals surface area contributed by atoms with Gasteiger partial charge in [0, 0.05) is 35.4 Å². The smallest absolute Gasteiger partial charge is 0.421 e. The number of hydrogen-bond donors (Lipinski definition) is 2. The maximum absolute atomic E-state index is 15.7. The van der Waals surface area contributed by atoms with Crippen LogP contribution in [-0.4, -0.2) is 80.1 Å². The van der Waals surface area contributed by atoms with Crippen molar-refractivity contribution in [2.45, 2.75) is 52.0 Å². The molecule has 12 nitrogen and oxygen atoms in total. The molecular formula is C27H32F4N4O8S. The van der Waals surface area contributed by atoms with E-state index in [1.54, 1.807) is 18.6 Å². The van der Waals surface area contributed by atoms with Crippen molar-refractivity contribution >= 4 is 33.9 Å². The first kappa shape index (κ1) is 33.0. The minimum absolute atomic E-state index is 0.154. The lowest BCUT2D eigenvalue weighted by molar-refractivity contribution is -0.181. The van der Waals surface area contributed by atoms with Crippen LogP contribution in [0.3, 0.4) is 0 Å². The summed E-state index contributed by atoms with van der Waals surface area (Å²) in [5.74, 6) is -4.63. The maximum Gasteiger partial charge on any atom is 0.421 e. The van der Waals surface area contributed by atoms with Crippen molar-refractivity contribution in [3.63, 3.8) is 0 Å². The van der Waals surface area contributed by atoms with Crippen molar-refractivity contribution < 1.29 is 54.9 Å². The van der Waals surface area contributed by atoms with E-state index in [0.717, 1.165) is 29.0 Å². The van der Waals surface area contributed by atoms with Gasteiger partial charge in [0.1, 0.15) is 18.0 Å². The molecule has 1 amide bonds. The lowest BCUT2D eigenvalue weighted by Gasteiger charge is -2.29. The van der Waals surface area contributed by atoms with Gasteiger partial charge in [0.05, 0.1) is 5.92 Å². The first-order chi connectivity index (χ1) is 20.5. The number of carbonyl (C=O) groups excluding carboxylic acids is 3. The van der Waals surface area contributed by atoms with Gasteiger partial charge >= 0.3 is 28.4 Å². The molecule has 2 aromatic rings. The molecule has 0 saturated carbocycles. The number of aryl methyl sites for hydroxylation is 1. The fourth-order valence-corrected chi connectivity index (χ4v) is 6.02. The lowest BCUT2D eigenvalue weighted by atomic mass is 9.97. The van der Waals surface area contributed by atoms with E-state index >= 15 is 4.39 Å². The highest BCUT2D eigenvalue weighted by Crippen LogP contribution is 2.39. The number of esters is 1. The first-order valence-electron chi connectivity index (χ1n) is 13.7. The fraction of sp³-hybridized carbons (Fsp3) is 0.519. The van der Waals surface area contributed by atoms with Crippen LogP contribution in [0.15, 0.2) is 24.4 Å². The molecule has 2 aliphatic heterocycles. The standard InChI is InChI=1S/C27H32F4N4O8S/c1-15(2)25(42-24(38)16-7-10-33(3)11-8-16)43-26(39)34-13-17(12-18(34)6-9-27(29,30)31)19-4-5-20(36)23(22(19)28)35-14-21(37)32-44(35,40)41/h4-5,12-13,15-16,25,36H,6-11,14H2,1-3H3,(H,32,37). The Kier molecular flexibility index (Phi) is 9.48. The number of phenolic OH excluding ortho intramolecular Hbond substituents is 1. The van der Waals surface area contributed by atoms with Gasteiger partial charge in [-0.25, -0.2) is 18.2 Å². The molecule has 0 radical (unpaired) electrons. The van der Waals surface area contributed by atoms with Gasteiger partial charge in [-0.15, -0.1) is 0 Å². The average Bonchev–Trinajstić information content (AvgIpc) is 3.46. The number of nitrogens with zero attached hydrogens (tertiary/aromatic N) is 3. The van der Waals surface area contributed by atoms with Crippen LogP contribution in [0.25, 0.3) is 11.1 Å². The highest BCUT2D eigenvalue weighted by atomic mass is 32.2. The van der Waals surface area contributed by atoms with Crippen molar-refractivity contribution in [3.8, 4) is 16.9 Å². The molecule has 17 heteroatoms. The molecule has 2 fully saturated rings. The van der Waals surface area contributed by atoms with Gasteiger partial charge in [0.15, 0.2) is 5.82 Å². The second-order valence-corrected chi connectivity index (χ2v) is 12.6. The number of hydrogen-bond acceptors (Lipinski definition) is 9. The van der Waals surface area contributed by atoms with Gasteiger partial charge in [-0.1, -0.05) is 13.8 Å². The summed E-state index contributed by atoms with van der Waals surface area (Å²) >= 11 is 0. The predicted molar refractivity (Wildman–Crippen MR) is 147 cm³/mol. The minimum atomic E-state index is -4.61. The zero-order chi connectivity index (χ0) is 32.6. The zero-order valence-corrected chi connectivity index (χ0v) is 24.9. The summed E-state index contributed by atoms with van der Waals surface area (Å²) < 4.78 is 93.3. The third-order valence-corrected chi connectivity index (χ3v) is 8.66. The van der Waals surface area contributed by atoms with E-state index in [1.807, 2.05) is 7.05 Å². The van der Waals surface area contributed by atoms with Crippen molar-refractivity contribution in [1.29, 1.82) is 0 Å². The Morgan fingerprint density at radius 1 is 1.16 bits per heavy atom. The number of phenols is 1. The summed E-state index contributed by atoms with van der Waals surface area (Å²) in [6, 6.07) is 3.06. The Balaban J connectivity index is 1.66. The summed E-state index contributed by atoms with van der Waals surface area (Å²) in [4.78, 5) is 39.8. The number of carbonyl (C=O) groups is 3. The van der Waals surface area contributed by atoms with Gasteiger partial charge in [-0.2, -0.15) is 21.6 Å². The van der Waals surface area contributed by atoms with Gasteiger partial charge in [-0.3, -0.25) is 14.2 Å². The molecule has 2 saturated heterocycles. The Hall–Kier alpha value is -3.86. The Morgan fingerprint density at radius 3 is 2.39 bits per heavy atom. The number of aromatic nitrogens is 1. The number of anilines is 1. The van der Waals surface area contributed by atoms with E-state index < -0.39 is 89.1 Å². The predicted octanol–water partition coefficient (Wildman–Crippen LogP) is 3.53. The molecule has 0 aliphatic carbocycles. The monoisotopic (exact) mass is 648 g/mol. The molecule has 0 spiro atoms. The summed E-state index contributed by atoms with van der Waals surface area (Å²) in [5, 5.41) is 10.3. The molecule has 1 unspecified atom stereocenters. The van der Waals surface area contributed by atoms with Crippen LogP contribution in [0, 0.1) is 17.7 Å². The molecule has 3 heterocycles. The number of benzene rings is 1. The highest BCUT2D eigenvalue weighted by molar-refractivity contribution is 7.92. The van der Waals surface area contributed by atoms with E-state index in [2.05, 4.69) is 4.90 Å². The normalized spacial score (nSPS) is 18.4. The van der Waals surface area contributed by atoms with Crippen LogP contribution in [-0.2, 0) is 35.7 Å². The van der Waals surface area contributed by atoms with Crippen molar-refractivity contribution in [2.24, 2.45) is 11.8 Å². The van der Waals surface area contributed by atoms with Crippen LogP contribution in [0.5, 0.6) is 5.75 Å². The third-order valence-electron chi connectivity index (χ3n) is 7.28. The molecule has 1 aromatic heterocycles. The number of ether oxygens (including phenoxy) is 2. The zero-order valence-electron chi connectivity index (χ0n) is 24.1. The Labute approximate surface area is 250 Å². The average molecular weight is 649 g/mol. The van der Waals surface area contributed by atoms with E-state index in [1.165, 1.54) is 0 Å². The van der Waals surface area contributed by atoms with Gasteiger partial charge in [0.25, 0.3) is 12.2 Å². The Morgan fingerprint density at radius 2 is 1.82 bits per heavy atom. The molecule has 2 aliphatic rings. The first-order valence-corrected chi connectivity index (χ1v) is 15.1. The Bertz CT molecular complexity index is 1530. The molecule has 1 aromatic carbocycles. The lowest BCUT2D eigenvalue weighted by Crippen LogP contribution is -2.38. The largest absolute Gasteiger partial charge is 0.506 e. The van der Waals surface area contributed by atoms with Crippen LogP contribution < -0.4 is 9.03 Å². The third kappa shape index (κ3) is 7.43. The molecule has 44 heavy (non-hydrogen) atoms. The second kappa shape index (κ2) is 12.6. The van der Waals surface area contributed by atoms with E-state index in [-0.39, 0.29) is 16.8 Å². The molecule has 0 bridgehead atoms. The number of amides is 1. The van der Waals surface area contributed by atoms with Crippen molar-refractivity contribution in [1.82, 2.24) is 14.2 Å². The summed E-state index contributed by atoms with van der Waals surface area (Å²) in [5.41, 5.74) is -1.64. The SMILES string of the molecule is CC(C)C(OC(=O)C1CCN(C)CC1)OC(=O)n1cc(-c2ccc(O)c(N3CC(=O)NS3(=O)=O)c2F)cc1CCC(F)(F)F. The number of likely N-dealkylation sites (tertiary alicyclic amines) is 1.